The Morgan fingerprint density at radius 3 is 2.63 bits per heavy atom. The van der Waals surface area contributed by atoms with Crippen molar-refractivity contribution in [2.45, 2.75) is 70.3 Å². The van der Waals surface area contributed by atoms with Gasteiger partial charge in [0, 0.05) is 13.7 Å². The lowest BCUT2D eigenvalue weighted by atomic mass is 9.45. The van der Waals surface area contributed by atoms with E-state index in [-0.39, 0.29) is 53.2 Å². The monoisotopic (exact) mass is 524 g/mol. The van der Waals surface area contributed by atoms with Crippen LogP contribution in [0.15, 0.2) is 35.6 Å². The van der Waals surface area contributed by atoms with E-state index in [2.05, 4.69) is 24.5 Å². The van der Waals surface area contributed by atoms with Crippen molar-refractivity contribution < 1.29 is 29.0 Å². The molecule has 12 atom stereocenters. The molecule has 8 nitrogen and oxygen atoms in total. The van der Waals surface area contributed by atoms with E-state index in [4.69, 9.17) is 9.47 Å². The van der Waals surface area contributed by atoms with Crippen molar-refractivity contribution >= 4 is 17.6 Å². The summed E-state index contributed by atoms with van der Waals surface area (Å²) < 4.78 is 12.3. The van der Waals surface area contributed by atoms with Gasteiger partial charge in [0.15, 0.2) is 5.78 Å². The summed E-state index contributed by atoms with van der Waals surface area (Å²) in [5, 5.41) is 16.5. The lowest BCUT2D eigenvalue weighted by Gasteiger charge is -2.58. The Balaban J connectivity index is 1.35. The minimum atomic E-state index is -0.666. The number of ketones is 1. The zero-order valence-corrected chi connectivity index (χ0v) is 22.5. The smallest absolute Gasteiger partial charge is 0.259 e. The third kappa shape index (κ3) is 4.24. The predicted molar refractivity (Wildman–Crippen MR) is 140 cm³/mol. The van der Waals surface area contributed by atoms with Gasteiger partial charge < -0.3 is 25.2 Å². The van der Waals surface area contributed by atoms with Gasteiger partial charge >= 0.3 is 0 Å². The molecule has 206 valence electrons. The first-order valence-corrected chi connectivity index (χ1v) is 14.4. The molecule has 6 bridgehead atoms. The Kier molecular flexibility index (Phi) is 6.75. The van der Waals surface area contributed by atoms with Crippen LogP contribution in [-0.2, 0) is 23.9 Å². The summed E-state index contributed by atoms with van der Waals surface area (Å²) in [6.45, 7) is 4.96. The normalized spacial score (nSPS) is 46.0. The summed E-state index contributed by atoms with van der Waals surface area (Å²) in [5.41, 5.74) is -0.153. The molecule has 5 fully saturated rings. The third-order valence-corrected chi connectivity index (χ3v) is 10.6. The summed E-state index contributed by atoms with van der Waals surface area (Å²) in [6, 6.07) is -0.666. The standard InChI is InChI=1S/C30H40N2O6/c1-14-12-18-19-13-16-9-10-21(33)26-27(35)20(32-30(26)36)7-5-11-31-22(34)8-4-6-17(16)24(18)28-29(38-28)25(19)23(14)15(2)37-3/h4,8-10,14-20,23-25,28-29,33H,5-7,11-13H2,1-3H3,(H,31,34)(H,32,36)/b8-4?,10-9+,26-21?. The van der Waals surface area contributed by atoms with Crippen LogP contribution in [-0.4, -0.2) is 60.7 Å². The van der Waals surface area contributed by atoms with Gasteiger partial charge in [0.25, 0.3) is 5.91 Å². The van der Waals surface area contributed by atoms with Crippen LogP contribution in [0.4, 0.5) is 0 Å². The number of fused-ring (bicyclic) bond motifs is 7. The molecular weight excluding hydrogens is 484 g/mol. The number of methoxy groups -OCH3 is 1. The zero-order chi connectivity index (χ0) is 26.7. The second-order valence-electron chi connectivity index (χ2n) is 12.4. The second kappa shape index (κ2) is 9.94. The molecule has 3 N–H and O–H groups in total. The van der Waals surface area contributed by atoms with Crippen molar-refractivity contribution in [3.05, 3.63) is 35.6 Å². The molecule has 0 aromatic rings. The molecular formula is C30H40N2O6. The SMILES string of the molecule is COC(C)C1C(C)CC2C3CC4/C=C/C(O)=C5C(=O)NC(CCCNC(=O)C=CCC4C2C2OC2C31)C5=O. The first-order chi connectivity index (χ1) is 18.3. The van der Waals surface area contributed by atoms with E-state index >= 15 is 0 Å². The largest absolute Gasteiger partial charge is 0.507 e. The van der Waals surface area contributed by atoms with Gasteiger partial charge in [0.05, 0.1) is 24.4 Å². The van der Waals surface area contributed by atoms with E-state index < -0.39 is 11.9 Å². The lowest BCUT2D eigenvalue weighted by molar-refractivity contribution is -0.118. The fraction of sp³-hybridized carbons (Fsp3) is 0.700. The molecule has 3 aliphatic heterocycles. The molecule has 38 heavy (non-hydrogen) atoms. The van der Waals surface area contributed by atoms with Crippen molar-refractivity contribution in [2.24, 2.45) is 47.3 Å². The molecule has 0 aromatic carbocycles. The molecule has 0 spiro atoms. The lowest BCUT2D eigenvalue weighted by Crippen LogP contribution is -2.57. The number of hydrogen-bond donors (Lipinski definition) is 3. The first-order valence-electron chi connectivity index (χ1n) is 14.4. The first kappa shape index (κ1) is 25.8. The molecule has 6 aliphatic rings. The summed E-state index contributed by atoms with van der Waals surface area (Å²) in [4.78, 5) is 37.9. The topological polar surface area (TPSA) is 117 Å². The maximum Gasteiger partial charge on any atom is 0.259 e. The molecule has 8 heteroatoms. The summed E-state index contributed by atoms with van der Waals surface area (Å²) in [6.07, 6.45) is 11.7. The van der Waals surface area contributed by atoms with E-state index in [1.165, 1.54) is 0 Å². The molecule has 3 heterocycles. The molecule has 12 unspecified atom stereocenters. The number of allylic oxidation sites excluding steroid dienone is 3. The average molecular weight is 525 g/mol. The Hall–Kier alpha value is -2.45. The number of carbonyl (C=O) groups excluding carboxylic acids is 3. The van der Waals surface area contributed by atoms with Crippen LogP contribution in [0.25, 0.3) is 0 Å². The summed E-state index contributed by atoms with van der Waals surface area (Å²) in [7, 11) is 1.80. The maximum atomic E-state index is 12.9. The second-order valence-corrected chi connectivity index (χ2v) is 12.4. The fourth-order valence-electron chi connectivity index (χ4n) is 9.00. The third-order valence-electron chi connectivity index (χ3n) is 10.6. The molecule has 0 radical (unpaired) electrons. The van der Waals surface area contributed by atoms with Gasteiger partial charge in [-0.1, -0.05) is 19.1 Å². The number of carbonyl (C=O) groups is 3. The van der Waals surface area contributed by atoms with E-state index in [9.17, 15) is 19.5 Å². The molecule has 3 aliphatic carbocycles. The van der Waals surface area contributed by atoms with Crippen molar-refractivity contribution in [2.75, 3.05) is 13.7 Å². The Morgan fingerprint density at radius 1 is 1.08 bits per heavy atom. The van der Waals surface area contributed by atoms with Crippen molar-refractivity contribution in [1.29, 1.82) is 0 Å². The van der Waals surface area contributed by atoms with Crippen LogP contribution in [0, 0.1) is 47.3 Å². The van der Waals surface area contributed by atoms with Crippen molar-refractivity contribution in [3.8, 4) is 0 Å². The number of amides is 2. The highest BCUT2D eigenvalue weighted by atomic mass is 16.6. The molecule has 2 saturated heterocycles. The van der Waals surface area contributed by atoms with Crippen LogP contribution in [0.2, 0.25) is 0 Å². The number of aliphatic hydroxyl groups excluding tert-OH is 1. The molecule has 0 aromatic heterocycles. The van der Waals surface area contributed by atoms with Crippen LogP contribution in [0.5, 0.6) is 0 Å². The highest BCUT2D eigenvalue weighted by Gasteiger charge is 2.68. The minimum absolute atomic E-state index is 0.134. The van der Waals surface area contributed by atoms with E-state index in [0.717, 1.165) is 19.3 Å². The maximum absolute atomic E-state index is 12.9. The molecule has 2 amide bonds. The summed E-state index contributed by atoms with van der Waals surface area (Å²) >= 11 is 0. The predicted octanol–water partition coefficient (Wildman–Crippen LogP) is 2.85. The number of aliphatic hydroxyl groups is 1. The Bertz CT molecular complexity index is 1100. The van der Waals surface area contributed by atoms with Crippen LogP contribution >= 0.6 is 0 Å². The average Bonchev–Trinajstić information content (AvgIpc) is 3.60. The van der Waals surface area contributed by atoms with Gasteiger partial charge in [-0.25, -0.2) is 0 Å². The van der Waals surface area contributed by atoms with Gasteiger partial charge in [-0.2, -0.15) is 0 Å². The van der Waals surface area contributed by atoms with Gasteiger partial charge in [-0.15, -0.1) is 0 Å². The number of rotatable bonds is 2. The Labute approximate surface area is 224 Å². The van der Waals surface area contributed by atoms with E-state index in [0.29, 0.717) is 54.9 Å². The molecule has 3 saturated carbocycles. The van der Waals surface area contributed by atoms with Crippen LogP contribution in [0.3, 0.4) is 0 Å². The Morgan fingerprint density at radius 2 is 1.84 bits per heavy atom. The number of Topliss-reactive ketones (excluding diaryl/α,β-unsaturated/α-hetero) is 1. The number of nitrogens with one attached hydrogen (secondary N) is 2. The van der Waals surface area contributed by atoms with E-state index in [1.54, 1.807) is 19.3 Å². The highest BCUT2D eigenvalue weighted by Crippen LogP contribution is 2.66. The van der Waals surface area contributed by atoms with Crippen molar-refractivity contribution in [3.63, 3.8) is 0 Å². The van der Waals surface area contributed by atoms with Crippen LogP contribution in [0.1, 0.15) is 46.0 Å². The fourth-order valence-corrected chi connectivity index (χ4v) is 9.00. The highest BCUT2D eigenvalue weighted by molar-refractivity contribution is 6.27. The summed E-state index contributed by atoms with van der Waals surface area (Å²) in [5.74, 6) is 2.01. The van der Waals surface area contributed by atoms with Crippen LogP contribution < -0.4 is 10.6 Å². The molecule has 6 rings (SSSR count). The number of hydrogen-bond acceptors (Lipinski definition) is 6. The minimum Gasteiger partial charge on any atom is -0.507 e. The van der Waals surface area contributed by atoms with Gasteiger partial charge in [-0.3, -0.25) is 14.4 Å². The number of ether oxygens (including phenoxy) is 2. The van der Waals surface area contributed by atoms with Gasteiger partial charge in [-0.05, 0) is 98.5 Å². The van der Waals surface area contributed by atoms with E-state index in [1.807, 2.05) is 12.2 Å². The zero-order valence-electron chi connectivity index (χ0n) is 22.5. The quantitative estimate of drug-likeness (QED) is 0.378. The van der Waals surface area contributed by atoms with Gasteiger partial charge in [0.2, 0.25) is 5.91 Å². The number of epoxide rings is 1. The van der Waals surface area contributed by atoms with Crippen molar-refractivity contribution in [1.82, 2.24) is 10.6 Å². The van der Waals surface area contributed by atoms with Gasteiger partial charge in [0.1, 0.15) is 11.3 Å².